The fraction of sp³-hybridized carbons (Fsp3) is 0.812. The molecule has 0 amide bonds. The number of nitrogens with one attached hydrogen (secondary N) is 1. The molecule has 0 aliphatic carbocycles. The SMILES string of the molecule is CCC1(CC)CCN(c2c(CNC)c(C)nn2C)CC1. The maximum Gasteiger partial charge on any atom is 0.131 e. The number of piperidine rings is 1. The Balaban J connectivity index is 2.18. The van der Waals surface area contributed by atoms with Crippen molar-refractivity contribution in [3.63, 3.8) is 0 Å². The molecule has 0 bridgehead atoms. The second-order valence-corrected chi connectivity index (χ2v) is 6.24. The summed E-state index contributed by atoms with van der Waals surface area (Å²) in [4.78, 5) is 2.54. The van der Waals surface area contributed by atoms with Gasteiger partial charge in [0.15, 0.2) is 0 Å². The zero-order valence-electron chi connectivity index (χ0n) is 13.8. The number of aromatic nitrogens is 2. The molecule has 0 unspecified atom stereocenters. The lowest BCUT2D eigenvalue weighted by atomic mass is 9.74. The van der Waals surface area contributed by atoms with Crippen LogP contribution in [0.1, 0.15) is 50.8 Å². The summed E-state index contributed by atoms with van der Waals surface area (Å²) in [6.45, 7) is 10.0. The zero-order chi connectivity index (χ0) is 14.8. The van der Waals surface area contributed by atoms with Gasteiger partial charge in [-0.25, -0.2) is 0 Å². The summed E-state index contributed by atoms with van der Waals surface area (Å²) >= 11 is 0. The van der Waals surface area contributed by atoms with Gasteiger partial charge in [-0.05, 0) is 32.2 Å². The molecular formula is C16H30N4. The predicted octanol–water partition coefficient (Wildman–Crippen LogP) is 2.85. The van der Waals surface area contributed by atoms with Gasteiger partial charge in [0.05, 0.1) is 5.69 Å². The van der Waals surface area contributed by atoms with Crippen LogP contribution >= 0.6 is 0 Å². The van der Waals surface area contributed by atoms with Crippen LogP contribution in [0, 0.1) is 12.3 Å². The van der Waals surface area contributed by atoms with Crippen molar-refractivity contribution in [2.24, 2.45) is 12.5 Å². The summed E-state index contributed by atoms with van der Waals surface area (Å²) in [5.41, 5.74) is 3.09. The Labute approximate surface area is 123 Å². The third-order valence-corrected chi connectivity index (χ3v) is 5.29. The van der Waals surface area contributed by atoms with Crippen molar-refractivity contribution in [2.45, 2.75) is 53.0 Å². The average molecular weight is 278 g/mol. The molecule has 4 nitrogen and oxygen atoms in total. The first kappa shape index (κ1) is 15.4. The molecule has 2 rings (SSSR count). The zero-order valence-corrected chi connectivity index (χ0v) is 13.8. The molecular weight excluding hydrogens is 248 g/mol. The summed E-state index contributed by atoms with van der Waals surface area (Å²) in [5.74, 6) is 1.32. The molecule has 1 aromatic heterocycles. The van der Waals surface area contributed by atoms with Gasteiger partial charge in [0.1, 0.15) is 5.82 Å². The van der Waals surface area contributed by atoms with E-state index in [1.807, 2.05) is 7.05 Å². The fourth-order valence-electron chi connectivity index (χ4n) is 3.62. The van der Waals surface area contributed by atoms with Crippen LogP contribution in [0.5, 0.6) is 0 Å². The van der Waals surface area contributed by atoms with Gasteiger partial charge in [-0.15, -0.1) is 0 Å². The van der Waals surface area contributed by atoms with E-state index in [-0.39, 0.29) is 0 Å². The van der Waals surface area contributed by atoms with Crippen molar-refractivity contribution >= 4 is 5.82 Å². The van der Waals surface area contributed by atoms with E-state index < -0.39 is 0 Å². The van der Waals surface area contributed by atoms with E-state index >= 15 is 0 Å². The third kappa shape index (κ3) is 2.71. The topological polar surface area (TPSA) is 33.1 Å². The lowest BCUT2D eigenvalue weighted by Crippen LogP contribution is -2.41. The number of hydrogen-bond acceptors (Lipinski definition) is 3. The monoisotopic (exact) mass is 278 g/mol. The highest BCUT2D eigenvalue weighted by atomic mass is 15.4. The van der Waals surface area contributed by atoms with E-state index in [9.17, 15) is 0 Å². The molecule has 1 N–H and O–H groups in total. The minimum absolute atomic E-state index is 0.577. The van der Waals surface area contributed by atoms with E-state index in [1.165, 1.54) is 37.1 Å². The van der Waals surface area contributed by atoms with Gasteiger partial charge in [0.25, 0.3) is 0 Å². The van der Waals surface area contributed by atoms with Crippen LogP contribution in [0.4, 0.5) is 5.82 Å². The van der Waals surface area contributed by atoms with Crippen LogP contribution in [0.2, 0.25) is 0 Å². The fourth-order valence-corrected chi connectivity index (χ4v) is 3.62. The first-order chi connectivity index (χ1) is 9.56. The van der Waals surface area contributed by atoms with Gasteiger partial charge in [-0.2, -0.15) is 5.10 Å². The van der Waals surface area contributed by atoms with Crippen molar-refractivity contribution in [1.82, 2.24) is 15.1 Å². The summed E-state index contributed by atoms with van der Waals surface area (Å²) < 4.78 is 2.06. The Hall–Kier alpha value is -1.03. The Kier molecular flexibility index (Phi) is 4.74. The molecule has 1 aromatic rings. The molecule has 1 aliphatic heterocycles. The lowest BCUT2D eigenvalue weighted by Gasteiger charge is -2.42. The third-order valence-electron chi connectivity index (χ3n) is 5.29. The van der Waals surface area contributed by atoms with Gasteiger partial charge in [-0.3, -0.25) is 4.68 Å². The second kappa shape index (κ2) is 6.17. The smallest absolute Gasteiger partial charge is 0.131 e. The van der Waals surface area contributed by atoms with E-state index in [2.05, 4.69) is 47.8 Å². The second-order valence-electron chi connectivity index (χ2n) is 6.24. The number of hydrogen-bond donors (Lipinski definition) is 1. The maximum absolute atomic E-state index is 4.62. The Morgan fingerprint density at radius 1 is 1.20 bits per heavy atom. The molecule has 0 radical (unpaired) electrons. The first-order valence-corrected chi connectivity index (χ1v) is 7.99. The molecule has 0 aromatic carbocycles. The van der Waals surface area contributed by atoms with Gasteiger partial charge in [-0.1, -0.05) is 26.7 Å². The summed E-state index contributed by atoms with van der Waals surface area (Å²) in [7, 11) is 4.08. The highest BCUT2D eigenvalue weighted by Crippen LogP contribution is 2.39. The van der Waals surface area contributed by atoms with Crippen LogP contribution in [0.25, 0.3) is 0 Å². The summed E-state index contributed by atoms with van der Waals surface area (Å²) in [6, 6.07) is 0. The Bertz CT molecular complexity index is 436. The van der Waals surface area contributed by atoms with Crippen LogP contribution in [0.15, 0.2) is 0 Å². The molecule has 1 aliphatic rings. The molecule has 1 saturated heterocycles. The van der Waals surface area contributed by atoms with Crippen molar-refractivity contribution in [1.29, 1.82) is 0 Å². The number of nitrogens with zero attached hydrogens (tertiary/aromatic N) is 3. The number of rotatable bonds is 5. The van der Waals surface area contributed by atoms with E-state index in [0.29, 0.717) is 5.41 Å². The average Bonchev–Trinajstić information content (AvgIpc) is 2.74. The van der Waals surface area contributed by atoms with Gasteiger partial charge in [0, 0.05) is 32.2 Å². The molecule has 1 fully saturated rings. The van der Waals surface area contributed by atoms with Crippen LogP contribution in [0.3, 0.4) is 0 Å². The number of aryl methyl sites for hydroxylation is 2. The Morgan fingerprint density at radius 3 is 2.30 bits per heavy atom. The van der Waals surface area contributed by atoms with Crippen LogP contribution < -0.4 is 10.2 Å². The molecule has 114 valence electrons. The molecule has 0 spiro atoms. The van der Waals surface area contributed by atoms with E-state index in [4.69, 9.17) is 0 Å². The summed E-state index contributed by atoms with van der Waals surface area (Å²) in [6.07, 6.45) is 5.24. The molecule has 4 heteroatoms. The van der Waals surface area contributed by atoms with Gasteiger partial charge in [0.2, 0.25) is 0 Å². The minimum atomic E-state index is 0.577. The van der Waals surface area contributed by atoms with Gasteiger partial charge < -0.3 is 10.2 Å². The van der Waals surface area contributed by atoms with E-state index in [0.717, 1.165) is 25.3 Å². The standard InChI is InChI=1S/C16H30N4/c1-6-16(7-2)8-10-20(11-9-16)15-14(12-17-4)13(3)18-19(15)5/h17H,6-12H2,1-5H3. The van der Waals surface area contributed by atoms with Crippen LogP contribution in [-0.4, -0.2) is 29.9 Å². The maximum atomic E-state index is 4.62. The molecule has 0 saturated carbocycles. The predicted molar refractivity (Wildman–Crippen MR) is 85.2 cm³/mol. The normalized spacial score (nSPS) is 18.6. The summed E-state index contributed by atoms with van der Waals surface area (Å²) in [5, 5.41) is 7.89. The van der Waals surface area contributed by atoms with Crippen molar-refractivity contribution in [3.8, 4) is 0 Å². The van der Waals surface area contributed by atoms with Crippen LogP contribution in [-0.2, 0) is 13.6 Å². The quantitative estimate of drug-likeness (QED) is 0.899. The van der Waals surface area contributed by atoms with E-state index in [1.54, 1.807) is 0 Å². The first-order valence-electron chi connectivity index (χ1n) is 7.99. The minimum Gasteiger partial charge on any atom is -0.357 e. The molecule has 2 heterocycles. The largest absolute Gasteiger partial charge is 0.357 e. The molecule has 0 atom stereocenters. The van der Waals surface area contributed by atoms with Crippen molar-refractivity contribution < 1.29 is 0 Å². The van der Waals surface area contributed by atoms with Gasteiger partial charge >= 0.3 is 0 Å². The number of anilines is 1. The molecule has 20 heavy (non-hydrogen) atoms. The highest BCUT2D eigenvalue weighted by molar-refractivity contribution is 5.50. The van der Waals surface area contributed by atoms with Crippen molar-refractivity contribution in [2.75, 3.05) is 25.0 Å². The Morgan fingerprint density at radius 2 is 1.80 bits per heavy atom. The van der Waals surface area contributed by atoms with Crippen molar-refractivity contribution in [3.05, 3.63) is 11.3 Å². The lowest BCUT2D eigenvalue weighted by molar-refractivity contribution is 0.198. The highest BCUT2D eigenvalue weighted by Gasteiger charge is 2.33.